The highest BCUT2D eigenvalue weighted by molar-refractivity contribution is 6.36. The molecule has 2 saturated heterocycles. The van der Waals surface area contributed by atoms with Crippen LogP contribution >= 0.6 is 11.6 Å². The summed E-state index contributed by atoms with van der Waals surface area (Å²) in [7, 11) is 2.09. The van der Waals surface area contributed by atoms with Crippen molar-refractivity contribution in [3.63, 3.8) is 0 Å². The average Bonchev–Trinajstić information content (AvgIpc) is 3.42. The third-order valence-corrected chi connectivity index (χ3v) is 8.74. The molecule has 200 valence electrons. The van der Waals surface area contributed by atoms with Gasteiger partial charge in [0, 0.05) is 35.6 Å². The number of benzene rings is 2. The first kappa shape index (κ1) is 24.3. The highest BCUT2D eigenvalue weighted by atomic mass is 35.5. The van der Waals surface area contributed by atoms with Gasteiger partial charge in [0.25, 0.3) is 5.92 Å². The van der Waals surface area contributed by atoms with Crippen molar-refractivity contribution < 1.29 is 18.3 Å². The van der Waals surface area contributed by atoms with Gasteiger partial charge in [0.1, 0.15) is 18.5 Å². The lowest BCUT2D eigenvalue weighted by Crippen LogP contribution is -2.37. The molecule has 2 fully saturated rings. The van der Waals surface area contributed by atoms with Crippen LogP contribution in [0, 0.1) is 0 Å². The monoisotopic (exact) mass is 541 g/mol. The summed E-state index contributed by atoms with van der Waals surface area (Å²) in [4.78, 5) is 15.8. The minimum absolute atomic E-state index is 0.212. The highest BCUT2D eigenvalue weighted by Crippen LogP contribution is 2.46. The van der Waals surface area contributed by atoms with E-state index in [-0.39, 0.29) is 31.7 Å². The Kier molecular flexibility index (Phi) is 5.87. The highest BCUT2D eigenvalue weighted by Gasteiger charge is 2.49. The number of likely N-dealkylation sites (tertiary alicyclic amines) is 1. The Hall–Kier alpha value is -2.75. The number of fused-ring (bicyclic) bond motifs is 3. The zero-order valence-electron chi connectivity index (χ0n) is 21.2. The molecule has 3 aromatic rings. The molecule has 0 bridgehead atoms. The molecule has 0 amide bonds. The van der Waals surface area contributed by atoms with Crippen LogP contribution in [0.4, 0.5) is 20.3 Å². The van der Waals surface area contributed by atoms with E-state index in [1.807, 2.05) is 30.3 Å². The van der Waals surface area contributed by atoms with Crippen LogP contribution in [0.3, 0.4) is 0 Å². The molecular formula is C28H30ClF2N5O2. The first-order valence-corrected chi connectivity index (χ1v) is 13.7. The van der Waals surface area contributed by atoms with Gasteiger partial charge in [-0.1, -0.05) is 35.9 Å². The Bertz CT molecular complexity index is 1390. The van der Waals surface area contributed by atoms with Crippen LogP contribution < -0.4 is 14.5 Å². The fraction of sp³-hybridized carbons (Fsp3) is 0.500. The summed E-state index contributed by atoms with van der Waals surface area (Å²) >= 11 is 6.66. The molecule has 0 saturated carbocycles. The van der Waals surface area contributed by atoms with Crippen molar-refractivity contribution in [1.82, 2.24) is 14.9 Å². The number of hydrogen-bond donors (Lipinski definition) is 0. The molecule has 4 aliphatic heterocycles. The minimum Gasteiger partial charge on any atom is -0.462 e. The lowest BCUT2D eigenvalue weighted by Gasteiger charge is -2.36. The van der Waals surface area contributed by atoms with Gasteiger partial charge in [0.15, 0.2) is 0 Å². The maximum atomic E-state index is 14.5. The van der Waals surface area contributed by atoms with E-state index in [0.717, 1.165) is 47.1 Å². The van der Waals surface area contributed by atoms with Crippen molar-refractivity contribution in [1.29, 1.82) is 0 Å². The first-order chi connectivity index (χ1) is 18.4. The molecule has 2 aromatic carbocycles. The quantitative estimate of drug-likeness (QED) is 0.457. The zero-order chi connectivity index (χ0) is 26.0. The number of ether oxygens (including phenoxy) is 2. The number of alkyl halides is 2. The van der Waals surface area contributed by atoms with E-state index in [0.29, 0.717) is 36.6 Å². The molecule has 4 aliphatic rings. The summed E-state index contributed by atoms with van der Waals surface area (Å²) in [6.07, 6.45) is 1.60. The number of anilines is 2. The Labute approximate surface area is 225 Å². The standard InChI is InChI=1S/C28H30ClF2N5O2/c1-34-10-4-7-18(34)14-38-27-32-21-12-35(22-9-3-6-17-5-2-8-20(29)24(17)22)13-23-25(21)26(33-27)36-16-28(30,31)11-19(36)15-37-23/h2-3,5-6,8-9,18-19,23H,4,7,10-16H2,1H3/t18?,19-,23?/m0/s1. The molecule has 0 N–H and O–H groups in total. The van der Waals surface area contributed by atoms with E-state index >= 15 is 0 Å². The van der Waals surface area contributed by atoms with Crippen LogP contribution in [0.15, 0.2) is 36.4 Å². The van der Waals surface area contributed by atoms with Crippen molar-refractivity contribution >= 4 is 33.9 Å². The Morgan fingerprint density at radius 1 is 1.18 bits per heavy atom. The molecule has 3 atom stereocenters. The van der Waals surface area contributed by atoms with Crippen molar-refractivity contribution in [2.75, 3.05) is 49.7 Å². The van der Waals surface area contributed by atoms with Gasteiger partial charge in [-0.05, 0) is 44.0 Å². The molecule has 0 aliphatic carbocycles. The molecule has 10 heteroatoms. The normalized spacial score (nSPS) is 26.4. The van der Waals surface area contributed by atoms with Crippen LogP contribution in [0.1, 0.15) is 36.6 Å². The van der Waals surface area contributed by atoms with Gasteiger partial charge < -0.3 is 24.2 Å². The fourth-order valence-corrected chi connectivity index (χ4v) is 6.77. The molecule has 7 rings (SSSR count). The SMILES string of the molecule is CN1CCCC1COc1nc2c3c(n1)N1CC(F)(F)C[C@H]1COC3CN(c1cccc3cccc(Cl)c13)C2. The van der Waals surface area contributed by atoms with E-state index in [1.54, 1.807) is 4.90 Å². The van der Waals surface area contributed by atoms with Gasteiger partial charge in [-0.3, -0.25) is 0 Å². The molecular weight excluding hydrogens is 512 g/mol. The fourth-order valence-electron chi connectivity index (χ4n) is 6.49. The summed E-state index contributed by atoms with van der Waals surface area (Å²) < 4.78 is 41.5. The van der Waals surface area contributed by atoms with Gasteiger partial charge in [-0.2, -0.15) is 9.97 Å². The number of hydrogen-bond acceptors (Lipinski definition) is 7. The predicted molar refractivity (Wildman–Crippen MR) is 143 cm³/mol. The summed E-state index contributed by atoms with van der Waals surface area (Å²) in [5, 5.41) is 2.71. The average molecular weight is 542 g/mol. The second-order valence-electron chi connectivity index (χ2n) is 10.9. The number of nitrogens with zero attached hydrogens (tertiary/aromatic N) is 5. The Morgan fingerprint density at radius 3 is 2.84 bits per heavy atom. The van der Waals surface area contributed by atoms with Gasteiger partial charge in [-0.15, -0.1) is 0 Å². The molecule has 2 unspecified atom stereocenters. The predicted octanol–water partition coefficient (Wildman–Crippen LogP) is 5.06. The lowest BCUT2D eigenvalue weighted by atomic mass is 9.99. The Morgan fingerprint density at radius 2 is 2.03 bits per heavy atom. The van der Waals surface area contributed by atoms with Crippen LogP contribution in [-0.2, 0) is 11.3 Å². The summed E-state index contributed by atoms with van der Waals surface area (Å²) in [6, 6.07) is 12.1. The van der Waals surface area contributed by atoms with E-state index in [2.05, 4.69) is 22.9 Å². The van der Waals surface area contributed by atoms with Crippen LogP contribution in [0.5, 0.6) is 6.01 Å². The van der Waals surface area contributed by atoms with Crippen molar-refractivity contribution in [2.24, 2.45) is 0 Å². The van der Waals surface area contributed by atoms with Crippen molar-refractivity contribution in [3.05, 3.63) is 52.7 Å². The zero-order valence-corrected chi connectivity index (χ0v) is 22.0. The number of aromatic nitrogens is 2. The number of likely N-dealkylation sites (N-methyl/N-ethyl adjacent to an activating group) is 1. The van der Waals surface area contributed by atoms with E-state index in [9.17, 15) is 8.78 Å². The number of halogens is 3. The lowest BCUT2D eigenvalue weighted by molar-refractivity contribution is 0.00729. The van der Waals surface area contributed by atoms with Gasteiger partial charge >= 0.3 is 6.01 Å². The minimum atomic E-state index is -2.79. The maximum Gasteiger partial charge on any atom is 0.318 e. The van der Waals surface area contributed by atoms with Gasteiger partial charge in [0.2, 0.25) is 0 Å². The molecule has 1 aromatic heterocycles. The molecule has 38 heavy (non-hydrogen) atoms. The molecule has 7 nitrogen and oxygen atoms in total. The summed E-state index contributed by atoms with van der Waals surface area (Å²) in [5.41, 5.74) is 2.55. The summed E-state index contributed by atoms with van der Waals surface area (Å²) in [6.45, 7) is 2.38. The van der Waals surface area contributed by atoms with E-state index in [1.165, 1.54) is 0 Å². The third kappa shape index (κ3) is 4.15. The van der Waals surface area contributed by atoms with Gasteiger partial charge in [0.05, 0.1) is 36.5 Å². The number of rotatable bonds is 4. The van der Waals surface area contributed by atoms with E-state index in [4.69, 9.17) is 31.0 Å². The van der Waals surface area contributed by atoms with Crippen LogP contribution in [0.25, 0.3) is 10.8 Å². The second-order valence-corrected chi connectivity index (χ2v) is 11.3. The van der Waals surface area contributed by atoms with Crippen LogP contribution in [-0.4, -0.2) is 72.8 Å². The molecule has 0 spiro atoms. The third-order valence-electron chi connectivity index (χ3n) is 8.42. The van der Waals surface area contributed by atoms with Gasteiger partial charge in [-0.25, -0.2) is 8.78 Å². The molecule has 5 heterocycles. The first-order valence-electron chi connectivity index (χ1n) is 13.3. The van der Waals surface area contributed by atoms with E-state index < -0.39 is 12.0 Å². The largest absolute Gasteiger partial charge is 0.462 e. The van der Waals surface area contributed by atoms with Crippen molar-refractivity contribution in [3.8, 4) is 6.01 Å². The maximum absolute atomic E-state index is 14.5. The topological polar surface area (TPSA) is 54.0 Å². The summed E-state index contributed by atoms with van der Waals surface area (Å²) in [5.74, 6) is -2.25. The Balaban J connectivity index is 1.30. The molecule has 0 radical (unpaired) electrons. The van der Waals surface area contributed by atoms with Crippen molar-refractivity contribution in [2.45, 2.75) is 49.9 Å². The smallest absolute Gasteiger partial charge is 0.318 e. The second kappa shape index (κ2) is 9.17. The van der Waals surface area contributed by atoms with Crippen LogP contribution in [0.2, 0.25) is 5.02 Å².